The number of ether oxygens (including phenoxy) is 1. The standard InChI is InChI=1S/C27H32N4O3/c1-20(2)16-30-24(13-21-9-5-3-6-10-21)17-31(27(30)33)25(14-23-15-28-19-29-23)26(32)34-18-22-11-7-4-8-12-22/h3-12,15,19-20,24-25H,13-14,16-18H2,1-2H3,(H,28,29)/t24-,25-/m0/s1. The van der Waals surface area contributed by atoms with Crippen LogP contribution >= 0.6 is 0 Å². The van der Waals surface area contributed by atoms with E-state index in [9.17, 15) is 9.59 Å². The number of nitrogens with one attached hydrogen (secondary N) is 1. The Hall–Kier alpha value is -3.61. The number of aromatic nitrogens is 2. The second kappa shape index (κ2) is 11.0. The molecule has 0 radical (unpaired) electrons. The Labute approximate surface area is 200 Å². The summed E-state index contributed by atoms with van der Waals surface area (Å²) in [6, 6.07) is 18.9. The minimum atomic E-state index is -0.730. The summed E-state index contributed by atoms with van der Waals surface area (Å²) in [6.07, 6.45) is 4.33. The fourth-order valence-electron chi connectivity index (χ4n) is 4.42. The highest BCUT2D eigenvalue weighted by Gasteiger charge is 2.43. The van der Waals surface area contributed by atoms with Gasteiger partial charge >= 0.3 is 12.0 Å². The van der Waals surface area contributed by atoms with E-state index >= 15 is 0 Å². The molecule has 2 atom stereocenters. The number of hydrogen-bond acceptors (Lipinski definition) is 4. The maximum atomic E-state index is 13.6. The molecule has 1 aliphatic heterocycles. The molecule has 2 aromatic carbocycles. The minimum absolute atomic E-state index is 0.0107. The lowest BCUT2D eigenvalue weighted by Crippen LogP contribution is -2.46. The predicted molar refractivity (Wildman–Crippen MR) is 130 cm³/mol. The highest BCUT2D eigenvalue weighted by Crippen LogP contribution is 2.25. The van der Waals surface area contributed by atoms with Gasteiger partial charge in [-0.15, -0.1) is 0 Å². The lowest BCUT2D eigenvalue weighted by atomic mass is 10.0. The number of hydrogen-bond donors (Lipinski definition) is 1. The Balaban J connectivity index is 1.55. The number of nitrogens with zero attached hydrogens (tertiary/aromatic N) is 3. The molecule has 3 aromatic rings. The summed E-state index contributed by atoms with van der Waals surface area (Å²) in [4.78, 5) is 37.6. The molecule has 0 aliphatic carbocycles. The zero-order valence-corrected chi connectivity index (χ0v) is 19.8. The highest BCUT2D eigenvalue weighted by atomic mass is 16.5. The molecule has 7 heteroatoms. The van der Waals surface area contributed by atoms with Crippen LogP contribution in [0.2, 0.25) is 0 Å². The molecule has 1 aliphatic rings. The van der Waals surface area contributed by atoms with Gasteiger partial charge in [0, 0.05) is 31.4 Å². The van der Waals surface area contributed by atoms with Crippen LogP contribution in [-0.2, 0) is 29.0 Å². The Bertz CT molecular complexity index is 1050. The average molecular weight is 461 g/mol. The van der Waals surface area contributed by atoms with E-state index in [2.05, 4.69) is 35.9 Å². The molecule has 1 saturated heterocycles. The molecule has 4 rings (SSSR count). The summed E-state index contributed by atoms with van der Waals surface area (Å²) in [5, 5.41) is 0. The van der Waals surface area contributed by atoms with E-state index in [1.807, 2.05) is 53.4 Å². The highest BCUT2D eigenvalue weighted by molar-refractivity contribution is 5.85. The number of carbonyl (C=O) groups is 2. The average Bonchev–Trinajstić information content (AvgIpc) is 3.46. The van der Waals surface area contributed by atoms with Gasteiger partial charge in [-0.25, -0.2) is 14.6 Å². The van der Waals surface area contributed by atoms with Gasteiger partial charge in [0.2, 0.25) is 0 Å². The molecule has 2 amide bonds. The van der Waals surface area contributed by atoms with Crippen LogP contribution in [0.1, 0.15) is 30.7 Å². The summed E-state index contributed by atoms with van der Waals surface area (Å²) in [5.74, 6) is -0.0880. The van der Waals surface area contributed by atoms with E-state index in [4.69, 9.17) is 4.74 Å². The van der Waals surface area contributed by atoms with Crippen LogP contribution in [-0.4, -0.2) is 56.9 Å². The Kier molecular flexibility index (Phi) is 7.62. The Morgan fingerprint density at radius 2 is 1.76 bits per heavy atom. The summed E-state index contributed by atoms with van der Waals surface area (Å²) in [6.45, 7) is 5.49. The molecule has 0 saturated carbocycles. The normalized spacial score (nSPS) is 16.8. The number of esters is 1. The third-order valence-electron chi connectivity index (χ3n) is 6.06. The molecule has 34 heavy (non-hydrogen) atoms. The summed E-state index contributed by atoms with van der Waals surface area (Å²) in [7, 11) is 0. The second-order valence-corrected chi connectivity index (χ2v) is 9.21. The van der Waals surface area contributed by atoms with Crippen molar-refractivity contribution in [1.29, 1.82) is 0 Å². The molecular weight excluding hydrogens is 428 g/mol. The quantitative estimate of drug-likeness (QED) is 0.463. The predicted octanol–water partition coefficient (Wildman–Crippen LogP) is 4.07. The molecular formula is C27H32N4O3. The first kappa shape index (κ1) is 23.5. The van der Waals surface area contributed by atoms with Gasteiger partial charge in [0.25, 0.3) is 0 Å². The number of amides is 2. The van der Waals surface area contributed by atoms with Gasteiger partial charge in [-0.1, -0.05) is 74.5 Å². The van der Waals surface area contributed by atoms with E-state index in [1.54, 1.807) is 17.4 Å². The third kappa shape index (κ3) is 5.84. The first-order valence-electron chi connectivity index (χ1n) is 11.8. The fraction of sp³-hybridized carbons (Fsp3) is 0.370. The topological polar surface area (TPSA) is 78.5 Å². The second-order valence-electron chi connectivity index (χ2n) is 9.21. The lowest BCUT2D eigenvalue weighted by Gasteiger charge is -2.27. The van der Waals surface area contributed by atoms with Crippen LogP contribution in [0, 0.1) is 5.92 Å². The first-order valence-corrected chi connectivity index (χ1v) is 11.8. The fourth-order valence-corrected chi connectivity index (χ4v) is 4.42. The van der Waals surface area contributed by atoms with E-state index in [1.165, 1.54) is 5.56 Å². The van der Waals surface area contributed by atoms with Crippen molar-refractivity contribution in [2.45, 2.75) is 45.4 Å². The van der Waals surface area contributed by atoms with Gasteiger partial charge < -0.3 is 19.5 Å². The summed E-state index contributed by atoms with van der Waals surface area (Å²) >= 11 is 0. The number of aromatic amines is 1. The van der Waals surface area contributed by atoms with E-state index in [-0.39, 0.29) is 18.7 Å². The van der Waals surface area contributed by atoms with Crippen LogP contribution in [0.5, 0.6) is 0 Å². The number of imidazole rings is 1. The largest absolute Gasteiger partial charge is 0.459 e. The Morgan fingerprint density at radius 1 is 1.09 bits per heavy atom. The molecule has 7 nitrogen and oxygen atoms in total. The van der Waals surface area contributed by atoms with Crippen LogP contribution in [0.3, 0.4) is 0 Å². The van der Waals surface area contributed by atoms with Gasteiger partial charge in [0.05, 0.1) is 12.4 Å². The van der Waals surface area contributed by atoms with Crippen molar-refractivity contribution in [2.75, 3.05) is 13.1 Å². The molecule has 0 spiro atoms. The van der Waals surface area contributed by atoms with Crippen molar-refractivity contribution >= 4 is 12.0 Å². The van der Waals surface area contributed by atoms with Crippen molar-refractivity contribution in [1.82, 2.24) is 19.8 Å². The van der Waals surface area contributed by atoms with Crippen LogP contribution < -0.4 is 0 Å². The Morgan fingerprint density at radius 3 is 2.38 bits per heavy atom. The molecule has 1 N–H and O–H groups in total. The van der Waals surface area contributed by atoms with Crippen LogP contribution in [0.15, 0.2) is 73.2 Å². The van der Waals surface area contributed by atoms with Gasteiger partial charge in [-0.05, 0) is 23.5 Å². The van der Waals surface area contributed by atoms with Crippen molar-refractivity contribution in [3.05, 3.63) is 90.0 Å². The summed E-state index contributed by atoms with van der Waals surface area (Å²) < 4.78 is 5.68. The van der Waals surface area contributed by atoms with E-state index in [0.29, 0.717) is 25.4 Å². The maximum absolute atomic E-state index is 13.6. The molecule has 1 fully saturated rings. The number of carbonyl (C=O) groups excluding carboxylic acids is 2. The van der Waals surface area contributed by atoms with Gasteiger partial charge in [-0.3, -0.25) is 0 Å². The third-order valence-corrected chi connectivity index (χ3v) is 6.06. The van der Waals surface area contributed by atoms with Gasteiger partial charge in [-0.2, -0.15) is 0 Å². The van der Waals surface area contributed by atoms with Crippen LogP contribution in [0.4, 0.5) is 4.79 Å². The summed E-state index contributed by atoms with van der Waals surface area (Å²) in [5.41, 5.74) is 2.87. The molecule has 2 heterocycles. The van der Waals surface area contributed by atoms with E-state index < -0.39 is 12.0 Å². The zero-order chi connectivity index (χ0) is 23.9. The van der Waals surface area contributed by atoms with Gasteiger partial charge in [0.15, 0.2) is 0 Å². The first-order chi connectivity index (χ1) is 16.5. The smallest absolute Gasteiger partial charge is 0.329 e. The van der Waals surface area contributed by atoms with Crippen molar-refractivity contribution in [3.8, 4) is 0 Å². The SMILES string of the molecule is CC(C)CN1C(=O)N([C@@H](Cc2cnc[nH]2)C(=O)OCc2ccccc2)C[C@@H]1Cc1ccccc1. The molecule has 0 unspecified atom stereocenters. The van der Waals surface area contributed by atoms with Gasteiger partial charge in [0.1, 0.15) is 12.6 Å². The number of benzene rings is 2. The van der Waals surface area contributed by atoms with Crippen molar-refractivity contribution in [3.63, 3.8) is 0 Å². The molecule has 1 aromatic heterocycles. The number of H-pyrrole nitrogens is 1. The molecule has 178 valence electrons. The number of urea groups is 1. The monoisotopic (exact) mass is 460 g/mol. The molecule has 0 bridgehead atoms. The number of rotatable bonds is 10. The lowest BCUT2D eigenvalue weighted by molar-refractivity contribution is -0.150. The van der Waals surface area contributed by atoms with E-state index in [0.717, 1.165) is 17.7 Å². The van der Waals surface area contributed by atoms with Crippen LogP contribution in [0.25, 0.3) is 0 Å². The maximum Gasteiger partial charge on any atom is 0.329 e. The van der Waals surface area contributed by atoms with Crippen molar-refractivity contribution < 1.29 is 14.3 Å². The van der Waals surface area contributed by atoms with Crippen molar-refractivity contribution in [2.24, 2.45) is 5.92 Å². The minimum Gasteiger partial charge on any atom is -0.459 e. The zero-order valence-electron chi connectivity index (χ0n) is 19.8.